The average molecular weight is 496 g/mol. The van der Waals surface area contributed by atoms with Gasteiger partial charge in [0.25, 0.3) is 5.91 Å². The van der Waals surface area contributed by atoms with Gasteiger partial charge in [0.05, 0.1) is 11.6 Å². The summed E-state index contributed by atoms with van der Waals surface area (Å²) in [6, 6.07) is 8.23. The summed E-state index contributed by atoms with van der Waals surface area (Å²) in [7, 11) is 0. The molecule has 3 amide bonds. The second kappa shape index (κ2) is 11.7. The van der Waals surface area contributed by atoms with E-state index in [4.69, 9.17) is 27.7 Å². The predicted molar refractivity (Wildman–Crippen MR) is 134 cm³/mol. The summed E-state index contributed by atoms with van der Waals surface area (Å²) in [5, 5.41) is 5.45. The number of amides is 3. The number of carbonyl (C=O) groups excluding carboxylic acids is 4. The number of guanidine groups is 1. The monoisotopic (exact) mass is 495 g/mol. The van der Waals surface area contributed by atoms with Gasteiger partial charge in [0.2, 0.25) is 11.8 Å². The van der Waals surface area contributed by atoms with Crippen LogP contribution in [0, 0.1) is 0 Å². The lowest BCUT2D eigenvalue weighted by Gasteiger charge is -2.20. The van der Waals surface area contributed by atoms with Crippen LogP contribution in [0.15, 0.2) is 41.4 Å². The Bertz CT molecular complexity index is 1210. The Morgan fingerprint density at radius 2 is 1.83 bits per heavy atom. The highest BCUT2D eigenvalue weighted by atomic mass is 16.5. The zero-order chi connectivity index (χ0) is 26.2. The van der Waals surface area contributed by atoms with E-state index < -0.39 is 23.8 Å². The predicted octanol–water partition coefficient (Wildman–Crippen LogP) is 0.400. The zero-order valence-corrected chi connectivity index (χ0v) is 19.6. The standard InChI is InChI=1S/C24H29N7O5/c25-15-5-7-20-16(11-15)23(35)31-17(2-1-9-29-24(27)28)19(32)6-8-21(33)30-18-10-13(22(26)34)3-4-14(18)12-36-20/h3-5,7,10-11,17H,1-2,6,8-9,12,25H2,(H2,26,34)(H,30,33)(H,31,35)(H4,27,28,29)/t17-/m0/s1. The minimum absolute atomic E-state index is 0.0280. The number of nitrogens with zero attached hydrogens (tertiary/aromatic N) is 1. The number of benzene rings is 2. The Kier molecular flexibility index (Phi) is 8.44. The van der Waals surface area contributed by atoms with Gasteiger partial charge in [-0.2, -0.15) is 0 Å². The molecule has 0 bridgehead atoms. The molecule has 2 aromatic rings. The molecule has 2 aromatic carbocycles. The first kappa shape index (κ1) is 26.0. The van der Waals surface area contributed by atoms with Crippen molar-refractivity contribution in [1.29, 1.82) is 0 Å². The Hall–Kier alpha value is -4.61. The molecule has 0 unspecified atom stereocenters. The molecule has 0 aromatic heterocycles. The van der Waals surface area contributed by atoms with Crippen LogP contribution >= 0.6 is 0 Å². The molecule has 0 radical (unpaired) electrons. The lowest BCUT2D eigenvalue weighted by Crippen LogP contribution is -2.41. The molecule has 0 saturated heterocycles. The normalized spacial score (nSPS) is 16.3. The first-order valence-electron chi connectivity index (χ1n) is 11.3. The van der Waals surface area contributed by atoms with E-state index in [-0.39, 0.29) is 61.0 Å². The molecular formula is C24H29N7O5. The Morgan fingerprint density at radius 3 is 2.56 bits per heavy atom. The minimum atomic E-state index is -0.884. The molecule has 12 heteroatoms. The van der Waals surface area contributed by atoms with Crippen LogP contribution in [0.3, 0.4) is 0 Å². The van der Waals surface area contributed by atoms with Crippen LogP contribution in [0.2, 0.25) is 0 Å². The molecule has 190 valence electrons. The average Bonchev–Trinajstić information content (AvgIpc) is 2.83. The maximum atomic E-state index is 13.2. The molecule has 0 spiro atoms. The summed E-state index contributed by atoms with van der Waals surface area (Å²) in [6.45, 7) is 0.244. The fourth-order valence-electron chi connectivity index (χ4n) is 3.66. The van der Waals surface area contributed by atoms with Crippen LogP contribution in [-0.2, 0) is 16.2 Å². The van der Waals surface area contributed by atoms with Gasteiger partial charge >= 0.3 is 0 Å². The fourth-order valence-corrected chi connectivity index (χ4v) is 3.66. The molecule has 1 aliphatic rings. The van der Waals surface area contributed by atoms with Crippen LogP contribution in [0.5, 0.6) is 5.75 Å². The second-order valence-corrected chi connectivity index (χ2v) is 8.27. The van der Waals surface area contributed by atoms with E-state index in [9.17, 15) is 19.2 Å². The number of primary amides is 1. The molecule has 1 heterocycles. The van der Waals surface area contributed by atoms with Crippen LogP contribution < -0.4 is 38.3 Å². The third-order valence-electron chi connectivity index (χ3n) is 5.54. The fraction of sp³-hybridized carbons (Fsp3) is 0.292. The Labute approximate surface area is 207 Å². The van der Waals surface area contributed by atoms with Gasteiger partial charge in [0.15, 0.2) is 11.7 Å². The van der Waals surface area contributed by atoms with Crippen LogP contribution in [0.4, 0.5) is 11.4 Å². The number of hydrogen-bond acceptors (Lipinski definition) is 7. The van der Waals surface area contributed by atoms with Crippen molar-refractivity contribution in [3.8, 4) is 5.75 Å². The summed E-state index contributed by atoms with van der Waals surface area (Å²) in [4.78, 5) is 54.3. The highest BCUT2D eigenvalue weighted by Crippen LogP contribution is 2.26. The lowest BCUT2D eigenvalue weighted by atomic mass is 10.0. The van der Waals surface area contributed by atoms with Crippen molar-refractivity contribution in [3.63, 3.8) is 0 Å². The molecule has 1 aliphatic heterocycles. The minimum Gasteiger partial charge on any atom is -0.488 e. The van der Waals surface area contributed by atoms with Gasteiger partial charge in [-0.3, -0.25) is 24.2 Å². The largest absolute Gasteiger partial charge is 0.488 e. The van der Waals surface area contributed by atoms with Crippen molar-refractivity contribution in [2.24, 2.45) is 22.2 Å². The van der Waals surface area contributed by atoms with Crippen molar-refractivity contribution < 1.29 is 23.9 Å². The molecule has 36 heavy (non-hydrogen) atoms. The molecule has 0 fully saturated rings. The molecule has 0 saturated carbocycles. The lowest BCUT2D eigenvalue weighted by molar-refractivity contribution is -0.124. The number of aliphatic imine (C=N–C) groups is 1. The molecule has 3 rings (SSSR count). The number of ether oxygens (including phenoxy) is 1. The molecule has 0 aliphatic carbocycles. The Balaban J connectivity index is 1.95. The van der Waals surface area contributed by atoms with Crippen molar-refractivity contribution in [1.82, 2.24) is 5.32 Å². The van der Waals surface area contributed by atoms with Crippen LogP contribution in [0.1, 0.15) is 52.0 Å². The van der Waals surface area contributed by atoms with Gasteiger partial charge in [0.1, 0.15) is 12.4 Å². The molecule has 12 nitrogen and oxygen atoms in total. The third kappa shape index (κ3) is 6.95. The van der Waals surface area contributed by atoms with Gasteiger partial charge in [-0.05, 0) is 43.2 Å². The summed E-state index contributed by atoms with van der Waals surface area (Å²) in [5.74, 6) is -1.84. The first-order chi connectivity index (χ1) is 17.1. The number of nitrogens with one attached hydrogen (secondary N) is 2. The number of Topliss-reactive ketones (excluding diaryl/α,β-unsaturated/α-hetero) is 1. The first-order valence-corrected chi connectivity index (χ1v) is 11.3. The number of anilines is 2. The number of hydrogen-bond donors (Lipinski definition) is 6. The second-order valence-electron chi connectivity index (χ2n) is 8.27. The molecular weight excluding hydrogens is 466 g/mol. The summed E-state index contributed by atoms with van der Waals surface area (Å²) in [5.41, 5.74) is 23.5. The highest BCUT2D eigenvalue weighted by Gasteiger charge is 2.24. The number of carbonyl (C=O) groups is 4. The van der Waals surface area contributed by atoms with Crippen LogP contribution in [0.25, 0.3) is 0 Å². The topological polar surface area (TPSA) is 218 Å². The van der Waals surface area contributed by atoms with Gasteiger partial charge in [-0.25, -0.2) is 0 Å². The number of ketones is 1. The van der Waals surface area contributed by atoms with E-state index >= 15 is 0 Å². The van der Waals surface area contributed by atoms with Gasteiger partial charge in [0, 0.05) is 41.9 Å². The van der Waals surface area contributed by atoms with Gasteiger partial charge in [-0.1, -0.05) is 6.07 Å². The molecule has 1 atom stereocenters. The van der Waals surface area contributed by atoms with Crippen LogP contribution in [-0.4, -0.2) is 42.1 Å². The highest BCUT2D eigenvalue weighted by molar-refractivity contribution is 6.02. The maximum absolute atomic E-state index is 13.2. The quantitative estimate of drug-likeness (QED) is 0.147. The van der Waals surface area contributed by atoms with E-state index in [1.54, 1.807) is 18.2 Å². The van der Waals surface area contributed by atoms with Crippen molar-refractivity contribution >= 4 is 40.8 Å². The van der Waals surface area contributed by atoms with E-state index in [1.807, 2.05) is 0 Å². The van der Waals surface area contributed by atoms with Crippen molar-refractivity contribution in [2.45, 2.75) is 38.3 Å². The van der Waals surface area contributed by atoms with Crippen molar-refractivity contribution in [2.75, 3.05) is 17.6 Å². The summed E-state index contributed by atoms with van der Waals surface area (Å²) in [6.07, 6.45) is 0.421. The third-order valence-corrected chi connectivity index (χ3v) is 5.54. The SMILES string of the molecule is NC(=O)c1ccc2c(c1)NC(=O)CCC(=O)[C@H](CCCN=C(N)N)NC(=O)c1cc(N)ccc1OC2. The number of nitrogens with two attached hydrogens (primary N) is 4. The van der Waals surface area contributed by atoms with E-state index in [2.05, 4.69) is 15.6 Å². The van der Waals surface area contributed by atoms with E-state index in [1.165, 1.54) is 18.2 Å². The van der Waals surface area contributed by atoms with Gasteiger partial charge < -0.3 is 38.3 Å². The zero-order valence-electron chi connectivity index (χ0n) is 19.6. The van der Waals surface area contributed by atoms with E-state index in [0.717, 1.165) is 0 Å². The number of fused-ring (bicyclic) bond motifs is 2. The molecule has 10 N–H and O–H groups in total. The number of rotatable bonds is 5. The van der Waals surface area contributed by atoms with Gasteiger partial charge in [-0.15, -0.1) is 0 Å². The van der Waals surface area contributed by atoms with Crippen molar-refractivity contribution in [3.05, 3.63) is 53.1 Å². The maximum Gasteiger partial charge on any atom is 0.255 e. The Morgan fingerprint density at radius 1 is 1.06 bits per heavy atom. The van der Waals surface area contributed by atoms with E-state index in [0.29, 0.717) is 23.4 Å². The summed E-state index contributed by atoms with van der Waals surface area (Å²) >= 11 is 0. The smallest absolute Gasteiger partial charge is 0.255 e. The number of nitrogen functional groups attached to an aromatic ring is 1. The summed E-state index contributed by atoms with van der Waals surface area (Å²) < 4.78 is 5.89.